The van der Waals surface area contributed by atoms with Crippen molar-refractivity contribution in [1.82, 2.24) is 10.3 Å². The number of ether oxygens (including phenoxy) is 1. The fourth-order valence-electron chi connectivity index (χ4n) is 3.33. The monoisotopic (exact) mass is 359 g/mol. The van der Waals surface area contributed by atoms with Crippen molar-refractivity contribution in [1.29, 1.82) is 0 Å². The SMILES string of the molecule is C=CCOC(=O)c1c[nH]c2c(CC)c(N3CCNCC3)c(F)cc2c1=O. The van der Waals surface area contributed by atoms with Crippen LogP contribution in [0.1, 0.15) is 22.8 Å². The lowest BCUT2D eigenvalue weighted by atomic mass is 10.0. The molecule has 0 aliphatic carbocycles. The van der Waals surface area contributed by atoms with E-state index < -0.39 is 17.2 Å². The van der Waals surface area contributed by atoms with E-state index in [1.165, 1.54) is 18.3 Å². The molecule has 7 heteroatoms. The van der Waals surface area contributed by atoms with Crippen LogP contribution in [-0.2, 0) is 11.2 Å². The molecule has 138 valence electrons. The van der Waals surface area contributed by atoms with Gasteiger partial charge in [-0.15, -0.1) is 0 Å². The van der Waals surface area contributed by atoms with Crippen LogP contribution in [0.5, 0.6) is 0 Å². The highest BCUT2D eigenvalue weighted by molar-refractivity contribution is 5.95. The Hall–Kier alpha value is -2.67. The van der Waals surface area contributed by atoms with Crippen LogP contribution in [0.2, 0.25) is 0 Å². The molecule has 0 saturated carbocycles. The zero-order valence-corrected chi connectivity index (χ0v) is 14.7. The van der Waals surface area contributed by atoms with E-state index >= 15 is 0 Å². The molecule has 26 heavy (non-hydrogen) atoms. The summed E-state index contributed by atoms with van der Waals surface area (Å²) in [6, 6.07) is 1.22. The number of aromatic amines is 1. The third kappa shape index (κ3) is 3.22. The van der Waals surface area contributed by atoms with Crippen LogP contribution >= 0.6 is 0 Å². The van der Waals surface area contributed by atoms with Crippen molar-refractivity contribution in [2.75, 3.05) is 37.7 Å². The van der Waals surface area contributed by atoms with Gasteiger partial charge in [0.1, 0.15) is 18.0 Å². The number of benzene rings is 1. The number of esters is 1. The maximum absolute atomic E-state index is 14.9. The molecule has 1 fully saturated rings. The minimum atomic E-state index is -0.752. The Kier molecular flexibility index (Phi) is 5.37. The lowest BCUT2D eigenvalue weighted by Crippen LogP contribution is -2.44. The molecule has 0 bridgehead atoms. The molecule has 1 aliphatic heterocycles. The summed E-state index contributed by atoms with van der Waals surface area (Å²) in [5.41, 5.74) is 1.15. The number of aromatic nitrogens is 1. The van der Waals surface area contributed by atoms with Gasteiger partial charge in [-0.2, -0.15) is 0 Å². The first-order chi connectivity index (χ1) is 12.6. The predicted octanol–water partition coefficient (Wildman–Crippen LogP) is 1.98. The molecule has 6 nitrogen and oxygen atoms in total. The fourth-order valence-corrected chi connectivity index (χ4v) is 3.33. The Bertz CT molecular complexity index is 901. The molecule has 2 N–H and O–H groups in total. The van der Waals surface area contributed by atoms with E-state index in [2.05, 4.69) is 16.9 Å². The second-order valence-corrected chi connectivity index (χ2v) is 6.12. The molecule has 0 spiro atoms. The minimum absolute atomic E-state index is 0.00676. The molecule has 3 rings (SSSR count). The van der Waals surface area contributed by atoms with Crippen molar-refractivity contribution in [3.63, 3.8) is 0 Å². The number of rotatable bonds is 5. The normalized spacial score (nSPS) is 14.5. The number of hydrogen-bond donors (Lipinski definition) is 2. The highest BCUT2D eigenvalue weighted by atomic mass is 19.1. The summed E-state index contributed by atoms with van der Waals surface area (Å²) in [6.07, 6.45) is 3.32. The smallest absolute Gasteiger partial charge is 0.343 e. The first-order valence-electron chi connectivity index (χ1n) is 8.69. The lowest BCUT2D eigenvalue weighted by Gasteiger charge is -2.31. The molecule has 1 aromatic heterocycles. The molecule has 0 amide bonds. The van der Waals surface area contributed by atoms with Gasteiger partial charge in [-0.3, -0.25) is 4.79 Å². The van der Waals surface area contributed by atoms with Gasteiger partial charge in [0, 0.05) is 43.3 Å². The standard InChI is InChI=1S/C19H22FN3O3/c1-3-9-26-19(25)14-11-22-16-12(4-2)17(23-7-5-21-6-8-23)15(20)10-13(16)18(14)24/h3,10-11,21H,1,4-9H2,2H3,(H,22,24). The highest BCUT2D eigenvalue weighted by Crippen LogP contribution is 2.31. The van der Waals surface area contributed by atoms with Crippen molar-refractivity contribution >= 4 is 22.6 Å². The molecule has 0 atom stereocenters. The van der Waals surface area contributed by atoms with E-state index in [4.69, 9.17) is 4.74 Å². The Labute approximate surface area is 150 Å². The van der Waals surface area contributed by atoms with E-state index in [-0.39, 0.29) is 17.6 Å². The van der Waals surface area contributed by atoms with E-state index in [0.717, 1.165) is 18.7 Å². The van der Waals surface area contributed by atoms with Gasteiger partial charge in [0.2, 0.25) is 5.43 Å². The first kappa shape index (κ1) is 18.1. The number of nitrogens with zero attached hydrogens (tertiary/aromatic N) is 1. The number of piperazine rings is 1. The van der Waals surface area contributed by atoms with Crippen molar-refractivity contribution < 1.29 is 13.9 Å². The zero-order chi connectivity index (χ0) is 18.7. The summed E-state index contributed by atoms with van der Waals surface area (Å²) >= 11 is 0. The topological polar surface area (TPSA) is 74.4 Å². The molecule has 0 radical (unpaired) electrons. The largest absolute Gasteiger partial charge is 0.458 e. The number of halogens is 1. The third-order valence-electron chi connectivity index (χ3n) is 4.54. The van der Waals surface area contributed by atoms with Gasteiger partial charge in [-0.1, -0.05) is 19.6 Å². The van der Waals surface area contributed by atoms with Gasteiger partial charge in [-0.25, -0.2) is 9.18 Å². The second-order valence-electron chi connectivity index (χ2n) is 6.12. The van der Waals surface area contributed by atoms with Gasteiger partial charge < -0.3 is 19.9 Å². The molecule has 1 aliphatic rings. The van der Waals surface area contributed by atoms with Crippen LogP contribution in [0.15, 0.2) is 29.7 Å². The van der Waals surface area contributed by atoms with Gasteiger partial charge in [-0.05, 0) is 12.5 Å². The summed E-state index contributed by atoms with van der Waals surface area (Å²) in [4.78, 5) is 29.7. The van der Waals surface area contributed by atoms with Crippen LogP contribution in [-0.4, -0.2) is 43.7 Å². The summed E-state index contributed by atoms with van der Waals surface area (Å²) in [5.74, 6) is -1.20. The molecular weight excluding hydrogens is 337 g/mol. The Balaban J connectivity index is 2.14. The number of fused-ring (bicyclic) bond motifs is 1. The van der Waals surface area contributed by atoms with Crippen molar-refractivity contribution in [2.24, 2.45) is 0 Å². The second kappa shape index (κ2) is 7.70. The van der Waals surface area contributed by atoms with Crippen LogP contribution in [0.25, 0.3) is 10.9 Å². The number of pyridine rings is 1. The van der Waals surface area contributed by atoms with Crippen molar-refractivity contribution in [3.8, 4) is 0 Å². The van der Waals surface area contributed by atoms with Crippen LogP contribution < -0.4 is 15.6 Å². The van der Waals surface area contributed by atoms with Crippen LogP contribution in [0, 0.1) is 5.82 Å². The van der Waals surface area contributed by atoms with Crippen molar-refractivity contribution in [3.05, 3.63) is 52.1 Å². The first-order valence-corrected chi connectivity index (χ1v) is 8.69. The number of anilines is 1. The summed E-state index contributed by atoms with van der Waals surface area (Å²) < 4.78 is 19.8. The van der Waals surface area contributed by atoms with Crippen LogP contribution in [0.4, 0.5) is 10.1 Å². The highest BCUT2D eigenvalue weighted by Gasteiger charge is 2.23. The van der Waals surface area contributed by atoms with Crippen molar-refractivity contribution in [2.45, 2.75) is 13.3 Å². The average Bonchev–Trinajstić information content (AvgIpc) is 2.66. The molecule has 2 aromatic rings. The maximum atomic E-state index is 14.9. The maximum Gasteiger partial charge on any atom is 0.343 e. The Morgan fingerprint density at radius 2 is 2.15 bits per heavy atom. The van der Waals surface area contributed by atoms with Crippen LogP contribution in [0.3, 0.4) is 0 Å². The van der Waals surface area contributed by atoms with Gasteiger partial charge in [0.05, 0.1) is 11.2 Å². The lowest BCUT2D eigenvalue weighted by molar-refractivity contribution is 0.0548. The van der Waals surface area contributed by atoms with E-state index in [1.807, 2.05) is 11.8 Å². The summed E-state index contributed by atoms with van der Waals surface area (Å²) in [5, 5.41) is 3.40. The minimum Gasteiger partial charge on any atom is -0.458 e. The Morgan fingerprint density at radius 1 is 1.42 bits per heavy atom. The summed E-state index contributed by atoms with van der Waals surface area (Å²) in [7, 11) is 0. The quantitative estimate of drug-likeness (QED) is 0.631. The van der Waals surface area contributed by atoms with E-state index in [1.54, 1.807) is 0 Å². The molecule has 0 unspecified atom stereocenters. The molecule has 2 heterocycles. The number of aryl methyl sites for hydroxylation is 1. The number of H-pyrrole nitrogens is 1. The number of carbonyl (C=O) groups excluding carboxylic acids is 1. The van der Waals surface area contributed by atoms with Gasteiger partial charge in [0.15, 0.2) is 0 Å². The third-order valence-corrected chi connectivity index (χ3v) is 4.54. The van der Waals surface area contributed by atoms with Gasteiger partial charge >= 0.3 is 5.97 Å². The number of carbonyl (C=O) groups is 1. The Morgan fingerprint density at radius 3 is 2.81 bits per heavy atom. The number of nitrogens with one attached hydrogen (secondary N) is 2. The molecule has 1 aromatic carbocycles. The van der Waals surface area contributed by atoms with E-state index in [9.17, 15) is 14.0 Å². The van der Waals surface area contributed by atoms with Gasteiger partial charge in [0.25, 0.3) is 0 Å². The molecular formula is C19H22FN3O3. The predicted molar refractivity (Wildman–Crippen MR) is 99.5 cm³/mol. The molecule has 1 saturated heterocycles. The number of hydrogen-bond acceptors (Lipinski definition) is 5. The summed E-state index contributed by atoms with van der Waals surface area (Å²) in [6.45, 7) is 8.36. The average molecular weight is 359 g/mol. The fraction of sp³-hybridized carbons (Fsp3) is 0.368. The zero-order valence-electron chi connectivity index (χ0n) is 14.7. The van der Waals surface area contributed by atoms with E-state index in [0.29, 0.717) is 30.7 Å².